The van der Waals surface area contributed by atoms with E-state index >= 15 is 0 Å². The van der Waals surface area contributed by atoms with E-state index in [4.69, 9.17) is 4.74 Å². The first kappa shape index (κ1) is 14.4. The smallest absolute Gasteiger partial charge is 0.120 e. The van der Waals surface area contributed by atoms with Gasteiger partial charge >= 0.3 is 0 Å². The van der Waals surface area contributed by atoms with Crippen LogP contribution in [0.3, 0.4) is 0 Å². The Kier molecular flexibility index (Phi) is 3.87. The Morgan fingerprint density at radius 1 is 1.24 bits per heavy atom. The highest BCUT2D eigenvalue weighted by atomic mass is 16.5. The average Bonchev–Trinajstić information content (AvgIpc) is 2.50. The number of nitrogens with zero attached hydrogens (tertiary/aromatic N) is 1. The van der Waals surface area contributed by atoms with Crippen molar-refractivity contribution in [1.29, 1.82) is 0 Å². The highest BCUT2D eigenvalue weighted by molar-refractivity contribution is 5.87. The van der Waals surface area contributed by atoms with Gasteiger partial charge in [-0.3, -0.25) is 4.90 Å². The van der Waals surface area contributed by atoms with E-state index in [0.29, 0.717) is 5.75 Å². The molecule has 0 spiro atoms. The van der Waals surface area contributed by atoms with Gasteiger partial charge < -0.3 is 9.84 Å². The number of rotatable bonds is 3. The zero-order valence-corrected chi connectivity index (χ0v) is 12.8. The summed E-state index contributed by atoms with van der Waals surface area (Å²) in [6, 6.07) is 12.0. The molecule has 0 bridgehead atoms. The van der Waals surface area contributed by atoms with Crippen molar-refractivity contribution in [2.24, 2.45) is 0 Å². The number of fused-ring (bicyclic) bond motifs is 1. The molecule has 3 heteroatoms. The van der Waals surface area contributed by atoms with E-state index in [-0.39, 0.29) is 5.60 Å². The number of aromatic hydroxyl groups is 1. The van der Waals surface area contributed by atoms with Crippen molar-refractivity contribution in [3.63, 3.8) is 0 Å². The topological polar surface area (TPSA) is 32.7 Å². The minimum absolute atomic E-state index is 0.0710. The van der Waals surface area contributed by atoms with Crippen molar-refractivity contribution in [2.75, 3.05) is 20.2 Å². The van der Waals surface area contributed by atoms with Crippen molar-refractivity contribution >= 4 is 10.8 Å². The molecule has 1 aliphatic rings. The largest absolute Gasteiger partial charge is 0.508 e. The molecule has 21 heavy (non-hydrogen) atoms. The van der Waals surface area contributed by atoms with Gasteiger partial charge in [0.05, 0.1) is 5.60 Å². The molecule has 1 N–H and O–H groups in total. The summed E-state index contributed by atoms with van der Waals surface area (Å²) >= 11 is 0. The van der Waals surface area contributed by atoms with Crippen LogP contribution in [0, 0.1) is 0 Å². The Balaban J connectivity index is 1.89. The summed E-state index contributed by atoms with van der Waals surface area (Å²) in [6.07, 6.45) is 2.23. The Bertz CT molecular complexity index is 640. The lowest BCUT2D eigenvalue weighted by atomic mass is 9.94. The van der Waals surface area contributed by atoms with E-state index in [1.54, 1.807) is 13.2 Å². The van der Waals surface area contributed by atoms with Crippen LogP contribution in [0.15, 0.2) is 36.4 Å². The van der Waals surface area contributed by atoms with Crippen molar-refractivity contribution in [3.05, 3.63) is 42.0 Å². The predicted octanol–water partition coefficient (Wildman–Crippen LogP) is 3.55. The second kappa shape index (κ2) is 5.66. The van der Waals surface area contributed by atoms with Crippen molar-refractivity contribution in [2.45, 2.75) is 31.9 Å². The van der Waals surface area contributed by atoms with Crippen LogP contribution < -0.4 is 0 Å². The van der Waals surface area contributed by atoms with Crippen LogP contribution in [0.25, 0.3) is 10.8 Å². The number of benzene rings is 2. The fraction of sp³-hybridized carbons (Fsp3) is 0.444. The minimum atomic E-state index is -0.0710. The summed E-state index contributed by atoms with van der Waals surface area (Å²) in [4.78, 5) is 2.38. The van der Waals surface area contributed by atoms with E-state index in [9.17, 15) is 5.11 Å². The first-order chi connectivity index (χ1) is 10.1. The Morgan fingerprint density at radius 2 is 2.05 bits per heavy atom. The van der Waals surface area contributed by atoms with Crippen LogP contribution >= 0.6 is 0 Å². The maximum atomic E-state index is 10.3. The molecule has 0 radical (unpaired) electrons. The monoisotopic (exact) mass is 285 g/mol. The van der Waals surface area contributed by atoms with Gasteiger partial charge in [0.15, 0.2) is 0 Å². The Morgan fingerprint density at radius 3 is 2.86 bits per heavy atom. The van der Waals surface area contributed by atoms with Crippen LogP contribution in [0.5, 0.6) is 5.75 Å². The third kappa shape index (κ3) is 2.89. The second-order valence-corrected chi connectivity index (χ2v) is 6.25. The van der Waals surface area contributed by atoms with Gasteiger partial charge in [-0.25, -0.2) is 0 Å². The van der Waals surface area contributed by atoms with Crippen molar-refractivity contribution in [1.82, 2.24) is 4.90 Å². The standard InChI is InChI=1S/C18H23NO2/c1-18(21-2)10-5-11-19(13-18)12-16-15-7-4-3-6-14(15)8-9-17(16)20/h3-4,6-9,20H,5,10-13H2,1-2H3. The second-order valence-electron chi connectivity index (χ2n) is 6.25. The summed E-state index contributed by atoms with van der Waals surface area (Å²) in [6.45, 7) is 4.90. The zero-order chi connectivity index (χ0) is 14.9. The number of phenols is 1. The average molecular weight is 285 g/mol. The summed E-state index contributed by atoms with van der Waals surface area (Å²) in [5, 5.41) is 12.6. The number of ether oxygens (including phenoxy) is 1. The number of likely N-dealkylation sites (tertiary alicyclic amines) is 1. The third-order valence-electron chi connectivity index (χ3n) is 4.63. The molecule has 1 fully saturated rings. The normalized spacial score (nSPS) is 23.5. The molecular formula is C18H23NO2. The van der Waals surface area contributed by atoms with Crippen LogP contribution in [0.2, 0.25) is 0 Å². The lowest BCUT2D eigenvalue weighted by Gasteiger charge is -2.39. The first-order valence-corrected chi connectivity index (χ1v) is 7.58. The predicted molar refractivity (Wildman–Crippen MR) is 85.5 cm³/mol. The highest BCUT2D eigenvalue weighted by Crippen LogP contribution is 2.31. The molecule has 2 aromatic rings. The summed E-state index contributed by atoms with van der Waals surface area (Å²) in [5.41, 5.74) is 0.951. The molecule has 3 rings (SSSR count). The van der Waals surface area contributed by atoms with Gasteiger partial charge in [0, 0.05) is 25.8 Å². The maximum Gasteiger partial charge on any atom is 0.120 e. The molecule has 1 unspecified atom stereocenters. The number of phenolic OH excluding ortho intramolecular Hbond substituents is 1. The molecule has 1 atom stereocenters. The van der Waals surface area contributed by atoms with Gasteiger partial charge in [-0.2, -0.15) is 0 Å². The van der Waals surface area contributed by atoms with E-state index in [0.717, 1.165) is 43.4 Å². The van der Waals surface area contributed by atoms with E-state index in [1.165, 1.54) is 5.39 Å². The zero-order valence-electron chi connectivity index (χ0n) is 12.8. The number of hydrogen-bond donors (Lipinski definition) is 1. The van der Waals surface area contributed by atoms with Gasteiger partial charge in [0.25, 0.3) is 0 Å². The van der Waals surface area contributed by atoms with E-state index in [1.807, 2.05) is 18.2 Å². The summed E-state index contributed by atoms with van der Waals surface area (Å²) in [5.74, 6) is 0.387. The van der Waals surface area contributed by atoms with E-state index < -0.39 is 0 Å². The van der Waals surface area contributed by atoms with Gasteiger partial charge in [0.1, 0.15) is 5.75 Å². The molecule has 1 heterocycles. The molecule has 112 valence electrons. The van der Waals surface area contributed by atoms with Crippen LogP contribution in [-0.2, 0) is 11.3 Å². The van der Waals surface area contributed by atoms with Gasteiger partial charge in [0.2, 0.25) is 0 Å². The molecule has 0 amide bonds. The number of piperidine rings is 1. The molecule has 1 aliphatic heterocycles. The molecular weight excluding hydrogens is 262 g/mol. The number of methoxy groups -OCH3 is 1. The van der Waals surface area contributed by atoms with Crippen LogP contribution in [-0.4, -0.2) is 35.8 Å². The summed E-state index contributed by atoms with van der Waals surface area (Å²) in [7, 11) is 1.79. The maximum absolute atomic E-state index is 10.3. The van der Waals surface area contributed by atoms with Gasteiger partial charge in [-0.1, -0.05) is 30.3 Å². The fourth-order valence-electron chi connectivity index (χ4n) is 3.32. The van der Waals surface area contributed by atoms with Gasteiger partial charge in [-0.05, 0) is 43.1 Å². The van der Waals surface area contributed by atoms with Gasteiger partial charge in [-0.15, -0.1) is 0 Å². The summed E-state index contributed by atoms with van der Waals surface area (Å²) < 4.78 is 5.66. The van der Waals surface area contributed by atoms with Crippen LogP contribution in [0.4, 0.5) is 0 Å². The Hall–Kier alpha value is -1.58. The van der Waals surface area contributed by atoms with Crippen molar-refractivity contribution < 1.29 is 9.84 Å². The number of hydrogen-bond acceptors (Lipinski definition) is 3. The SMILES string of the molecule is COC1(C)CCCN(Cc2c(O)ccc3ccccc23)C1. The molecule has 0 saturated carbocycles. The molecule has 2 aromatic carbocycles. The lowest BCUT2D eigenvalue weighted by molar-refractivity contribution is -0.0527. The third-order valence-corrected chi connectivity index (χ3v) is 4.63. The van der Waals surface area contributed by atoms with Crippen LogP contribution in [0.1, 0.15) is 25.3 Å². The minimum Gasteiger partial charge on any atom is -0.508 e. The van der Waals surface area contributed by atoms with E-state index in [2.05, 4.69) is 24.0 Å². The molecule has 0 aliphatic carbocycles. The molecule has 1 saturated heterocycles. The lowest BCUT2D eigenvalue weighted by Crippen LogP contribution is -2.46. The van der Waals surface area contributed by atoms with Crippen molar-refractivity contribution in [3.8, 4) is 5.75 Å². The fourth-order valence-corrected chi connectivity index (χ4v) is 3.32. The quantitative estimate of drug-likeness (QED) is 0.936. The molecule has 0 aromatic heterocycles. The molecule has 3 nitrogen and oxygen atoms in total. The first-order valence-electron chi connectivity index (χ1n) is 7.58. The Labute approximate surface area is 126 Å². The highest BCUT2D eigenvalue weighted by Gasteiger charge is 2.31.